The summed E-state index contributed by atoms with van der Waals surface area (Å²) >= 11 is 0. The minimum atomic E-state index is -0.799. The van der Waals surface area contributed by atoms with Gasteiger partial charge in [0.05, 0.1) is 0 Å². The van der Waals surface area contributed by atoms with Crippen LogP contribution in [0.3, 0.4) is 0 Å². The zero-order chi connectivity index (χ0) is 59.2. The van der Waals surface area contributed by atoms with Gasteiger partial charge in [-0.2, -0.15) is 0 Å². The van der Waals surface area contributed by atoms with Crippen molar-refractivity contribution < 1.29 is 28.6 Å². The van der Waals surface area contributed by atoms with Crippen LogP contribution < -0.4 is 0 Å². The van der Waals surface area contributed by atoms with Crippen LogP contribution in [0, 0.1) is 0 Å². The standard InChI is InChI=1S/C76H124O6/c1-4-7-10-13-16-19-22-25-28-30-31-32-33-34-35-36-37-38-39-40-41-42-43-44-45-46-49-51-54-57-60-63-66-69-75(78)81-72-73(71-80-74(77)68-65-62-59-56-53-50-47-27-24-21-18-15-12-9-6-3)82-76(79)70-67-64-61-58-55-52-48-29-26-23-20-17-14-11-8-5-2/h7,9-10,12,16,18-19,21,25,27-29,31-32,34-35,37-38,40-41,43-44,47-48,73H,4-6,8,11,13-15,17,20,22-24,26,30,33,36,39,42,45-46,49-72H2,1-3H3/b10-7-,12-9-,19-16-,21-18-,28-25-,32-31-,35-34-,38-37-,41-40-,44-43-,47-27-,48-29-. The van der Waals surface area contributed by atoms with Crippen molar-refractivity contribution >= 4 is 17.9 Å². The Kier molecular flexibility index (Phi) is 64.8. The minimum Gasteiger partial charge on any atom is -0.462 e. The molecule has 0 saturated carbocycles. The van der Waals surface area contributed by atoms with E-state index in [2.05, 4.69) is 167 Å². The molecule has 0 aromatic carbocycles. The van der Waals surface area contributed by atoms with Gasteiger partial charge in [-0.3, -0.25) is 14.4 Å². The van der Waals surface area contributed by atoms with Gasteiger partial charge in [-0.1, -0.05) is 282 Å². The Morgan fingerprint density at radius 1 is 0.256 bits per heavy atom. The van der Waals surface area contributed by atoms with Gasteiger partial charge in [0.25, 0.3) is 0 Å². The van der Waals surface area contributed by atoms with Crippen molar-refractivity contribution in [2.45, 2.75) is 303 Å². The molecule has 0 radical (unpaired) electrons. The number of hydrogen-bond donors (Lipinski definition) is 0. The number of carbonyl (C=O) groups excluding carboxylic acids is 3. The first-order valence-corrected chi connectivity index (χ1v) is 33.8. The number of carbonyl (C=O) groups is 3. The van der Waals surface area contributed by atoms with Crippen LogP contribution in [0.25, 0.3) is 0 Å². The van der Waals surface area contributed by atoms with Crippen LogP contribution in [0.1, 0.15) is 297 Å². The monoisotopic (exact) mass is 1130 g/mol. The highest BCUT2D eigenvalue weighted by molar-refractivity contribution is 5.71. The van der Waals surface area contributed by atoms with Crippen molar-refractivity contribution in [2.24, 2.45) is 0 Å². The fourth-order valence-corrected chi connectivity index (χ4v) is 9.06. The zero-order valence-corrected chi connectivity index (χ0v) is 53.2. The highest BCUT2D eigenvalue weighted by Crippen LogP contribution is 2.15. The average Bonchev–Trinajstić information content (AvgIpc) is 3.47. The van der Waals surface area contributed by atoms with Gasteiger partial charge in [-0.15, -0.1) is 0 Å². The summed E-state index contributed by atoms with van der Waals surface area (Å²) in [6, 6.07) is 0. The molecule has 0 aliphatic carbocycles. The summed E-state index contributed by atoms with van der Waals surface area (Å²) in [7, 11) is 0. The Morgan fingerprint density at radius 2 is 0.476 bits per heavy atom. The minimum absolute atomic E-state index is 0.0949. The summed E-state index contributed by atoms with van der Waals surface area (Å²) in [4.78, 5) is 38.4. The van der Waals surface area contributed by atoms with Gasteiger partial charge in [0.1, 0.15) is 13.2 Å². The largest absolute Gasteiger partial charge is 0.462 e. The van der Waals surface area contributed by atoms with Gasteiger partial charge in [0.2, 0.25) is 0 Å². The number of allylic oxidation sites excluding steroid dienone is 24. The van der Waals surface area contributed by atoms with Crippen LogP contribution in [0.4, 0.5) is 0 Å². The van der Waals surface area contributed by atoms with E-state index in [-0.39, 0.29) is 31.1 Å². The van der Waals surface area contributed by atoms with Crippen LogP contribution in [0.5, 0.6) is 0 Å². The second-order valence-electron chi connectivity index (χ2n) is 22.0. The molecule has 0 aromatic rings. The number of ether oxygens (including phenoxy) is 3. The third-order valence-electron chi connectivity index (χ3n) is 14.1. The Balaban J connectivity index is 4.33. The molecular formula is C76H124O6. The lowest BCUT2D eigenvalue weighted by molar-refractivity contribution is -0.167. The lowest BCUT2D eigenvalue weighted by Crippen LogP contribution is -2.30. The van der Waals surface area contributed by atoms with Crippen molar-refractivity contribution in [3.63, 3.8) is 0 Å². The van der Waals surface area contributed by atoms with Gasteiger partial charge < -0.3 is 14.2 Å². The second kappa shape index (κ2) is 68.8. The van der Waals surface area contributed by atoms with E-state index in [0.717, 1.165) is 167 Å². The molecule has 0 aliphatic heterocycles. The first-order chi connectivity index (χ1) is 40.5. The fraction of sp³-hybridized carbons (Fsp3) is 0.645. The van der Waals surface area contributed by atoms with Crippen LogP contribution in [0.2, 0.25) is 0 Å². The van der Waals surface area contributed by atoms with Crippen molar-refractivity contribution in [3.8, 4) is 0 Å². The Bertz CT molecular complexity index is 1780. The van der Waals surface area contributed by atoms with Gasteiger partial charge in [-0.25, -0.2) is 0 Å². The molecule has 0 amide bonds. The topological polar surface area (TPSA) is 78.9 Å². The second-order valence-corrected chi connectivity index (χ2v) is 22.0. The summed E-state index contributed by atoms with van der Waals surface area (Å²) in [6.45, 7) is 6.39. The predicted octanol–water partition coefficient (Wildman–Crippen LogP) is 23.5. The maximum Gasteiger partial charge on any atom is 0.306 e. The van der Waals surface area contributed by atoms with E-state index >= 15 is 0 Å². The van der Waals surface area contributed by atoms with Gasteiger partial charge >= 0.3 is 17.9 Å². The Labute approximate surface area is 506 Å². The molecule has 464 valence electrons. The van der Waals surface area contributed by atoms with Crippen molar-refractivity contribution in [1.29, 1.82) is 0 Å². The smallest absolute Gasteiger partial charge is 0.306 e. The summed E-state index contributed by atoms with van der Waals surface area (Å²) in [6.07, 6.45) is 98.6. The van der Waals surface area contributed by atoms with E-state index in [1.54, 1.807) is 0 Å². The highest BCUT2D eigenvalue weighted by Gasteiger charge is 2.19. The Morgan fingerprint density at radius 3 is 0.756 bits per heavy atom. The van der Waals surface area contributed by atoms with E-state index < -0.39 is 6.10 Å². The lowest BCUT2D eigenvalue weighted by atomic mass is 10.1. The average molecular weight is 1130 g/mol. The lowest BCUT2D eigenvalue weighted by Gasteiger charge is -2.18. The molecule has 0 rings (SSSR count). The number of esters is 3. The van der Waals surface area contributed by atoms with Gasteiger partial charge in [-0.05, 0) is 141 Å². The molecule has 0 fully saturated rings. The summed E-state index contributed by atoms with van der Waals surface area (Å²) in [5, 5.41) is 0. The van der Waals surface area contributed by atoms with Crippen LogP contribution >= 0.6 is 0 Å². The number of hydrogen-bond acceptors (Lipinski definition) is 6. The van der Waals surface area contributed by atoms with Gasteiger partial charge in [0, 0.05) is 19.3 Å². The van der Waals surface area contributed by atoms with Crippen molar-refractivity contribution in [2.75, 3.05) is 13.2 Å². The van der Waals surface area contributed by atoms with E-state index in [1.807, 2.05) is 0 Å². The molecule has 0 aliphatic rings. The molecule has 0 bridgehead atoms. The summed E-state index contributed by atoms with van der Waals surface area (Å²) in [5.74, 6) is -0.925. The summed E-state index contributed by atoms with van der Waals surface area (Å²) in [5.41, 5.74) is 0. The fourth-order valence-electron chi connectivity index (χ4n) is 9.06. The molecule has 1 unspecified atom stereocenters. The predicted molar refractivity (Wildman–Crippen MR) is 357 cm³/mol. The SMILES string of the molecule is CC/C=C\C/C=C\C/C=C\C/C=C\C/C=C\C/C=C\C/C=C\C/C=C\CCCCCCCCCCC(=O)OCC(COC(=O)CCCCCCC/C=C\C/C=C\C/C=C\CC)OC(=O)CCCCCCC/C=C\CCCCCCCCC. The molecule has 6 nitrogen and oxygen atoms in total. The maximum absolute atomic E-state index is 12.9. The zero-order valence-electron chi connectivity index (χ0n) is 53.2. The van der Waals surface area contributed by atoms with E-state index in [1.165, 1.54) is 89.9 Å². The normalized spacial score (nSPS) is 13.1. The summed E-state index contributed by atoms with van der Waals surface area (Å²) < 4.78 is 16.9. The molecule has 1 atom stereocenters. The quantitative estimate of drug-likeness (QED) is 0.0261. The number of rotatable bonds is 60. The van der Waals surface area contributed by atoms with Crippen molar-refractivity contribution in [3.05, 3.63) is 146 Å². The number of unbranched alkanes of at least 4 members (excludes halogenated alkanes) is 25. The molecular weight excluding hydrogens is 1010 g/mol. The molecule has 0 spiro atoms. The third-order valence-corrected chi connectivity index (χ3v) is 14.1. The molecule has 0 heterocycles. The van der Waals surface area contributed by atoms with Crippen molar-refractivity contribution in [1.82, 2.24) is 0 Å². The van der Waals surface area contributed by atoms with Gasteiger partial charge in [0.15, 0.2) is 6.10 Å². The first kappa shape index (κ1) is 77.3. The first-order valence-electron chi connectivity index (χ1n) is 33.8. The molecule has 6 heteroatoms. The van der Waals surface area contributed by atoms with Crippen LogP contribution in [-0.4, -0.2) is 37.2 Å². The molecule has 0 N–H and O–H groups in total. The molecule has 82 heavy (non-hydrogen) atoms. The van der Waals surface area contributed by atoms with E-state index in [9.17, 15) is 14.4 Å². The third kappa shape index (κ3) is 66.1. The molecule has 0 saturated heterocycles. The molecule has 0 aromatic heterocycles. The van der Waals surface area contributed by atoms with E-state index in [0.29, 0.717) is 19.3 Å². The van der Waals surface area contributed by atoms with Crippen LogP contribution in [0.15, 0.2) is 146 Å². The maximum atomic E-state index is 12.9. The highest BCUT2D eigenvalue weighted by atomic mass is 16.6. The van der Waals surface area contributed by atoms with E-state index in [4.69, 9.17) is 14.2 Å². The Hall–Kier alpha value is -4.71. The van der Waals surface area contributed by atoms with Crippen LogP contribution in [-0.2, 0) is 28.6 Å².